The molecular weight excluding hydrogens is 329 g/mol. The molecule has 0 saturated heterocycles. The number of H-pyrrole nitrogens is 1. The van der Waals surface area contributed by atoms with Crippen LogP contribution in [0.3, 0.4) is 0 Å². The number of rotatable bonds is 2. The van der Waals surface area contributed by atoms with Crippen LogP contribution in [0.25, 0.3) is 11.0 Å². The molecule has 0 unspecified atom stereocenters. The Bertz CT molecular complexity index is 669. The predicted molar refractivity (Wildman–Crippen MR) is 70.2 cm³/mol. The van der Waals surface area contributed by atoms with Crippen LogP contribution in [0.4, 0.5) is 13.2 Å². The Morgan fingerprint density at radius 1 is 1.44 bits per heavy atom. The van der Waals surface area contributed by atoms with Crippen LogP contribution in [0.1, 0.15) is 5.56 Å². The van der Waals surface area contributed by atoms with Crippen LogP contribution in [0, 0.1) is 4.77 Å². The number of imidazole rings is 1. The van der Waals surface area contributed by atoms with Gasteiger partial charge in [0.2, 0.25) is 0 Å². The Balaban J connectivity index is 2.62. The molecule has 0 saturated carbocycles. The molecule has 0 bridgehead atoms. The van der Waals surface area contributed by atoms with E-state index in [2.05, 4.69) is 27.5 Å². The maximum atomic E-state index is 12.6. The highest BCUT2D eigenvalue weighted by molar-refractivity contribution is 9.11. The Morgan fingerprint density at radius 3 is 2.67 bits per heavy atom. The highest BCUT2D eigenvalue weighted by Gasteiger charge is 2.30. The molecule has 0 aliphatic carbocycles. The summed E-state index contributed by atoms with van der Waals surface area (Å²) in [6.45, 7) is 4.10. The van der Waals surface area contributed by atoms with E-state index in [1.165, 1.54) is 6.07 Å². The van der Waals surface area contributed by atoms with Crippen molar-refractivity contribution in [3.8, 4) is 0 Å². The van der Waals surface area contributed by atoms with Gasteiger partial charge < -0.3 is 9.55 Å². The van der Waals surface area contributed by atoms with Gasteiger partial charge in [0.1, 0.15) is 0 Å². The fraction of sp³-hybridized carbons (Fsp3) is 0.182. The lowest BCUT2D eigenvalue weighted by atomic mass is 10.2. The standard InChI is InChI=1S/C11H8BrF3N2S/c1-6(12)5-17-9-3-2-7(11(13,14)15)4-8(9)16-10(17)18/h2-4H,1,5H2,(H,16,18). The molecule has 0 radical (unpaired) electrons. The van der Waals surface area contributed by atoms with Crippen LogP contribution >= 0.6 is 28.1 Å². The summed E-state index contributed by atoms with van der Waals surface area (Å²) in [6.07, 6.45) is -4.36. The number of alkyl halides is 3. The average molecular weight is 337 g/mol. The minimum Gasteiger partial charge on any atom is -0.331 e. The third kappa shape index (κ3) is 2.51. The normalized spacial score (nSPS) is 12.0. The second-order valence-corrected chi connectivity index (χ2v) is 5.27. The van der Waals surface area contributed by atoms with Gasteiger partial charge in [0.25, 0.3) is 0 Å². The number of nitrogens with one attached hydrogen (secondary N) is 1. The summed E-state index contributed by atoms with van der Waals surface area (Å²) in [5.74, 6) is 0. The summed E-state index contributed by atoms with van der Waals surface area (Å²) >= 11 is 8.28. The topological polar surface area (TPSA) is 20.7 Å². The number of allylic oxidation sites excluding steroid dienone is 1. The van der Waals surface area contributed by atoms with E-state index in [1.54, 1.807) is 4.57 Å². The van der Waals surface area contributed by atoms with E-state index in [1.807, 2.05) is 0 Å². The minimum absolute atomic E-state index is 0.364. The number of hydrogen-bond donors (Lipinski definition) is 1. The molecule has 1 N–H and O–H groups in total. The third-order valence-electron chi connectivity index (χ3n) is 2.43. The first-order valence-corrected chi connectivity index (χ1v) is 6.12. The highest BCUT2D eigenvalue weighted by Crippen LogP contribution is 2.31. The van der Waals surface area contributed by atoms with Crippen molar-refractivity contribution >= 4 is 39.2 Å². The summed E-state index contributed by atoms with van der Waals surface area (Å²) in [5, 5.41) is 0. The molecule has 7 heteroatoms. The van der Waals surface area contributed by atoms with Crippen LogP contribution in [0.15, 0.2) is 29.3 Å². The molecule has 2 rings (SSSR count). The van der Waals surface area contributed by atoms with Gasteiger partial charge in [-0.05, 0) is 30.4 Å². The van der Waals surface area contributed by atoms with Gasteiger partial charge in [-0.25, -0.2) is 0 Å². The van der Waals surface area contributed by atoms with Crippen molar-refractivity contribution in [3.05, 3.63) is 39.6 Å². The second-order valence-electron chi connectivity index (χ2n) is 3.76. The molecule has 0 aliphatic rings. The number of aromatic nitrogens is 2. The van der Waals surface area contributed by atoms with Gasteiger partial charge in [-0.1, -0.05) is 22.5 Å². The second kappa shape index (κ2) is 4.55. The lowest BCUT2D eigenvalue weighted by molar-refractivity contribution is -0.137. The largest absolute Gasteiger partial charge is 0.416 e. The third-order valence-corrected chi connectivity index (χ3v) is 3.00. The first-order valence-electron chi connectivity index (χ1n) is 4.92. The lowest BCUT2D eigenvalue weighted by Gasteiger charge is -2.07. The molecule has 0 aliphatic heterocycles. The van der Waals surface area contributed by atoms with E-state index in [0.717, 1.165) is 12.1 Å². The zero-order chi connectivity index (χ0) is 13.5. The molecule has 2 aromatic rings. The van der Waals surface area contributed by atoms with Crippen LogP contribution in [0.2, 0.25) is 0 Å². The van der Waals surface area contributed by atoms with E-state index < -0.39 is 11.7 Å². The molecule has 1 aromatic heterocycles. The average Bonchev–Trinajstić information content (AvgIpc) is 2.53. The molecule has 2 nitrogen and oxygen atoms in total. The molecule has 0 atom stereocenters. The molecule has 1 aromatic carbocycles. The Hall–Kier alpha value is -1.08. The molecule has 0 fully saturated rings. The minimum atomic E-state index is -4.36. The first kappa shape index (κ1) is 13.4. The van der Waals surface area contributed by atoms with Crippen LogP contribution in [-0.4, -0.2) is 9.55 Å². The van der Waals surface area contributed by atoms with Crippen LogP contribution in [-0.2, 0) is 12.7 Å². The van der Waals surface area contributed by atoms with Crippen LogP contribution < -0.4 is 0 Å². The van der Waals surface area contributed by atoms with Gasteiger partial charge in [0.05, 0.1) is 23.1 Å². The van der Waals surface area contributed by atoms with Gasteiger partial charge in [-0.2, -0.15) is 13.2 Å². The van der Waals surface area contributed by atoms with E-state index >= 15 is 0 Å². The zero-order valence-corrected chi connectivity index (χ0v) is 11.4. The molecule has 0 amide bonds. The van der Waals surface area contributed by atoms with Gasteiger partial charge in [-0.15, -0.1) is 0 Å². The van der Waals surface area contributed by atoms with E-state index in [9.17, 15) is 13.2 Å². The van der Waals surface area contributed by atoms with Crippen molar-refractivity contribution in [3.63, 3.8) is 0 Å². The molecule has 1 heterocycles. The molecule has 18 heavy (non-hydrogen) atoms. The predicted octanol–water partition coefficient (Wildman–Crippen LogP) is 4.63. The fourth-order valence-corrected chi connectivity index (χ4v) is 2.19. The number of halogens is 4. The summed E-state index contributed by atoms with van der Waals surface area (Å²) in [5.41, 5.74) is 0.285. The van der Waals surface area contributed by atoms with E-state index in [4.69, 9.17) is 12.2 Å². The maximum Gasteiger partial charge on any atom is 0.416 e. The molecular formula is C11H8BrF3N2S. The van der Waals surface area contributed by atoms with Crippen molar-refractivity contribution in [1.29, 1.82) is 0 Å². The maximum absolute atomic E-state index is 12.6. The van der Waals surface area contributed by atoms with Crippen molar-refractivity contribution < 1.29 is 13.2 Å². The van der Waals surface area contributed by atoms with Crippen LogP contribution in [0.5, 0.6) is 0 Å². The van der Waals surface area contributed by atoms with Crippen molar-refractivity contribution in [2.75, 3.05) is 0 Å². The highest BCUT2D eigenvalue weighted by atomic mass is 79.9. The monoisotopic (exact) mass is 336 g/mol. The molecule has 0 spiro atoms. The van der Waals surface area contributed by atoms with Crippen molar-refractivity contribution in [1.82, 2.24) is 9.55 Å². The van der Waals surface area contributed by atoms with E-state index in [0.29, 0.717) is 26.8 Å². The molecule has 96 valence electrons. The Morgan fingerprint density at radius 2 is 2.11 bits per heavy atom. The quantitative estimate of drug-likeness (QED) is 0.793. The van der Waals surface area contributed by atoms with Gasteiger partial charge in [0, 0.05) is 4.48 Å². The summed E-state index contributed by atoms with van der Waals surface area (Å²) in [6, 6.07) is 3.50. The number of aromatic amines is 1. The lowest BCUT2D eigenvalue weighted by Crippen LogP contribution is -2.04. The Kier molecular flexibility index (Phi) is 3.37. The summed E-state index contributed by atoms with van der Waals surface area (Å²) in [4.78, 5) is 2.76. The SMILES string of the molecule is C=C(Br)Cn1c(=S)[nH]c2cc(C(F)(F)F)ccc21. The van der Waals surface area contributed by atoms with E-state index in [-0.39, 0.29) is 0 Å². The smallest absolute Gasteiger partial charge is 0.331 e. The zero-order valence-electron chi connectivity index (χ0n) is 9.01. The van der Waals surface area contributed by atoms with Gasteiger partial charge in [0.15, 0.2) is 4.77 Å². The van der Waals surface area contributed by atoms with Crippen molar-refractivity contribution in [2.45, 2.75) is 12.7 Å². The number of benzene rings is 1. The number of hydrogen-bond acceptors (Lipinski definition) is 1. The van der Waals surface area contributed by atoms with Gasteiger partial charge >= 0.3 is 6.18 Å². The van der Waals surface area contributed by atoms with Crippen molar-refractivity contribution in [2.24, 2.45) is 0 Å². The Labute approximate surface area is 114 Å². The van der Waals surface area contributed by atoms with Gasteiger partial charge in [-0.3, -0.25) is 0 Å². The first-order chi connectivity index (χ1) is 8.29. The fourth-order valence-electron chi connectivity index (χ4n) is 1.67. The summed E-state index contributed by atoms with van der Waals surface area (Å²) in [7, 11) is 0. The number of nitrogens with zero attached hydrogens (tertiary/aromatic N) is 1. The summed E-state index contributed by atoms with van der Waals surface area (Å²) < 4.78 is 40.4. The number of fused-ring (bicyclic) bond motifs is 1.